The lowest BCUT2D eigenvalue weighted by Crippen LogP contribution is -2.44. The number of hydrogen-bond donors (Lipinski definition) is 1. The van der Waals surface area contributed by atoms with Gasteiger partial charge < -0.3 is 24.3 Å². The van der Waals surface area contributed by atoms with E-state index in [1.807, 2.05) is 38.4 Å². The molecule has 1 aromatic heterocycles. The number of furan rings is 1. The summed E-state index contributed by atoms with van der Waals surface area (Å²) < 4.78 is 10.5. The first-order valence-corrected chi connectivity index (χ1v) is 9.90. The van der Waals surface area contributed by atoms with Gasteiger partial charge in [-0.2, -0.15) is 0 Å². The van der Waals surface area contributed by atoms with Gasteiger partial charge in [0.05, 0.1) is 19.4 Å². The summed E-state index contributed by atoms with van der Waals surface area (Å²) in [7, 11) is 5.64. The summed E-state index contributed by atoms with van der Waals surface area (Å²) in [6.07, 6.45) is 2.81. The number of rotatable bonds is 7. The van der Waals surface area contributed by atoms with Crippen molar-refractivity contribution in [1.82, 2.24) is 15.1 Å². The molecule has 0 radical (unpaired) electrons. The molecule has 0 aliphatic carbocycles. The number of nitrogens with one attached hydrogen (secondary N) is 1. The number of carbonyl (C=O) groups is 2. The molecule has 0 bridgehead atoms. The number of ether oxygens (including phenoxy) is 1. The van der Waals surface area contributed by atoms with Crippen molar-refractivity contribution in [3.8, 4) is 5.75 Å². The highest BCUT2D eigenvalue weighted by molar-refractivity contribution is 5.91. The number of benzene rings is 1. The molecule has 29 heavy (non-hydrogen) atoms. The fourth-order valence-corrected chi connectivity index (χ4v) is 3.69. The number of amides is 2. The van der Waals surface area contributed by atoms with Crippen LogP contribution in [0, 0.1) is 5.92 Å². The van der Waals surface area contributed by atoms with Crippen LogP contribution in [-0.4, -0.2) is 62.5 Å². The lowest BCUT2D eigenvalue weighted by Gasteiger charge is -2.31. The normalized spacial score (nSPS) is 15.9. The van der Waals surface area contributed by atoms with Gasteiger partial charge in [-0.05, 0) is 56.8 Å². The van der Waals surface area contributed by atoms with Gasteiger partial charge in [-0.25, -0.2) is 0 Å². The lowest BCUT2D eigenvalue weighted by atomic mass is 9.95. The Morgan fingerprint density at radius 2 is 2.00 bits per heavy atom. The zero-order valence-corrected chi connectivity index (χ0v) is 17.3. The van der Waals surface area contributed by atoms with Crippen LogP contribution in [0.3, 0.4) is 0 Å². The summed E-state index contributed by atoms with van der Waals surface area (Å²) >= 11 is 0. The molecule has 1 atom stereocenters. The van der Waals surface area contributed by atoms with Crippen LogP contribution in [0.2, 0.25) is 0 Å². The molecule has 7 nitrogen and oxygen atoms in total. The largest absolute Gasteiger partial charge is 0.497 e. The van der Waals surface area contributed by atoms with E-state index in [0.717, 1.165) is 11.3 Å². The zero-order valence-electron chi connectivity index (χ0n) is 17.3. The Hall–Kier alpha value is -2.80. The Morgan fingerprint density at radius 1 is 1.24 bits per heavy atom. The summed E-state index contributed by atoms with van der Waals surface area (Å²) in [5, 5.41) is 3.10. The van der Waals surface area contributed by atoms with E-state index in [0.29, 0.717) is 38.2 Å². The summed E-state index contributed by atoms with van der Waals surface area (Å²) in [5.41, 5.74) is 1.09. The summed E-state index contributed by atoms with van der Waals surface area (Å²) in [5.74, 6) is 1.00. The molecule has 1 aromatic carbocycles. The number of nitrogens with zero attached hydrogens (tertiary/aromatic N) is 2. The SMILES string of the molecule is COc1cccc(C(CNC(=O)C2CCN(C(=O)c3ccco3)CC2)N(C)C)c1. The Kier molecular flexibility index (Phi) is 6.93. The van der Waals surface area contributed by atoms with Crippen LogP contribution in [0.15, 0.2) is 47.1 Å². The number of likely N-dealkylation sites (tertiary alicyclic amines) is 1. The fraction of sp³-hybridized carbons (Fsp3) is 0.455. The van der Waals surface area contributed by atoms with Crippen LogP contribution >= 0.6 is 0 Å². The molecule has 0 saturated carbocycles. The molecule has 1 saturated heterocycles. The molecule has 0 spiro atoms. The van der Waals surface area contributed by atoms with Crippen LogP contribution in [0.5, 0.6) is 5.75 Å². The van der Waals surface area contributed by atoms with Gasteiger partial charge in [0.25, 0.3) is 5.91 Å². The van der Waals surface area contributed by atoms with Gasteiger partial charge in [-0.1, -0.05) is 12.1 Å². The van der Waals surface area contributed by atoms with Gasteiger partial charge in [-0.3, -0.25) is 9.59 Å². The zero-order chi connectivity index (χ0) is 20.8. The highest BCUT2D eigenvalue weighted by atomic mass is 16.5. The smallest absolute Gasteiger partial charge is 0.289 e. The molecule has 1 aliphatic heterocycles. The predicted molar refractivity (Wildman–Crippen MR) is 110 cm³/mol. The maximum absolute atomic E-state index is 12.7. The van der Waals surface area contributed by atoms with Gasteiger partial charge in [0, 0.05) is 25.6 Å². The third-order valence-corrected chi connectivity index (χ3v) is 5.46. The van der Waals surface area contributed by atoms with Crippen LogP contribution in [0.4, 0.5) is 0 Å². The van der Waals surface area contributed by atoms with Gasteiger partial charge in [0.2, 0.25) is 5.91 Å². The van der Waals surface area contributed by atoms with Crippen molar-refractivity contribution < 1.29 is 18.7 Å². The monoisotopic (exact) mass is 399 g/mol. The molecule has 3 rings (SSSR count). The van der Waals surface area contributed by atoms with E-state index < -0.39 is 0 Å². The average molecular weight is 399 g/mol. The third-order valence-electron chi connectivity index (χ3n) is 5.46. The van der Waals surface area contributed by atoms with E-state index in [2.05, 4.69) is 10.2 Å². The minimum absolute atomic E-state index is 0.0462. The minimum atomic E-state index is -0.112. The molecule has 2 amide bonds. The van der Waals surface area contributed by atoms with Crippen LogP contribution in [0.1, 0.15) is 35.0 Å². The topological polar surface area (TPSA) is 75.0 Å². The Labute approximate surface area is 171 Å². The molecule has 2 aromatic rings. The second kappa shape index (κ2) is 9.60. The number of piperidine rings is 1. The molecule has 7 heteroatoms. The standard InChI is InChI=1S/C22H29N3O4/c1-24(2)19(17-6-4-7-18(14-17)28-3)15-23-21(26)16-9-11-25(12-10-16)22(27)20-8-5-13-29-20/h4-8,13-14,16,19H,9-12,15H2,1-3H3,(H,23,26). The van der Waals surface area contributed by atoms with Crippen molar-refractivity contribution >= 4 is 11.8 Å². The molecule has 1 N–H and O–H groups in total. The predicted octanol–water partition coefficient (Wildman–Crippen LogP) is 2.56. The van der Waals surface area contributed by atoms with E-state index in [1.54, 1.807) is 24.1 Å². The maximum Gasteiger partial charge on any atom is 0.289 e. The lowest BCUT2D eigenvalue weighted by molar-refractivity contribution is -0.126. The summed E-state index contributed by atoms with van der Waals surface area (Å²) in [4.78, 5) is 28.9. The first-order chi connectivity index (χ1) is 14.0. The average Bonchev–Trinajstić information content (AvgIpc) is 3.28. The van der Waals surface area contributed by atoms with Crippen molar-refractivity contribution in [1.29, 1.82) is 0 Å². The first kappa shape index (κ1) is 20.9. The van der Waals surface area contributed by atoms with Crippen molar-refractivity contribution in [3.05, 3.63) is 54.0 Å². The van der Waals surface area contributed by atoms with Crippen LogP contribution in [0.25, 0.3) is 0 Å². The van der Waals surface area contributed by atoms with Gasteiger partial charge in [-0.15, -0.1) is 0 Å². The molecule has 1 aliphatic rings. The number of carbonyl (C=O) groups excluding carboxylic acids is 2. The van der Waals surface area contributed by atoms with Gasteiger partial charge in [0.1, 0.15) is 5.75 Å². The fourth-order valence-electron chi connectivity index (χ4n) is 3.69. The molecule has 156 valence electrons. The molecular weight excluding hydrogens is 370 g/mol. The van der Waals surface area contributed by atoms with Crippen LogP contribution < -0.4 is 10.1 Å². The van der Waals surface area contributed by atoms with E-state index in [9.17, 15) is 9.59 Å². The second-order valence-electron chi connectivity index (χ2n) is 7.54. The maximum atomic E-state index is 12.7. The third kappa shape index (κ3) is 5.17. The Balaban J connectivity index is 1.52. The molecule has 1 unspecified atom stereocenters. The van der Waals surface area contributed by atoms with Gasteiger partial charge >= 0.3 is 0 Å². The van der Waals surface area contributed by atoms with Gasteiger partial charge in [0.15, 0.2) is 5.76 Å². The van der Waals surface area contributed by atoms with E-state index in [-0.39, 0.29) is 23.8 Å². The van der Waals surface area contributed by atoms with E-state index in [1.165, 1.54) is 6.26 Å². The highest BCUT2D eigenvalue weighted by Gasteiger charge is 2.29. The number of likely N-dealkylation sites (N-methyl/N-ethyl adjacent to an activating group) is 1. The number of hydrogen-bond acceptors (Lipinski definition) is 5. The molecular formula is C22H29N3O4. The summed E-state index contributed by atoms with van der Waals surface area (Å²) in [6, 6.07) is 11.3. The van der Waals surface area contributed by atoms with Crippen molar-refractivity contribution in [2.24, 2.45) is 5.92 Å². The first-order valence-electron chi connectivity index (χ1n) is 9.90. The summed E-state index contributed by atoms with van der Waals surface area (Å²) in [6.45, 7) is 1.64. The Morgan fingerprint density at radius 3 is 2.62 bits per heavy atom. The van der Waals surface area contributed by atoms with Crippen molar-refractivity contribution in [2.75, 3.05) is 40.8 Å². The quantitative estimate of drug-likeness (QED) is 0.775. The van der Waals surface area contributed by atoms with Crippen molar-refractivity contribution in [2.45, 2.75) is 18.9 Å². The van der Waals surface area contributed by atoms with Crippen molar-refractivity contribution in [3.63, 3.8) is 0 Å². The van der Waals surface area contributed by atoms with E-state index >= 15 is 0 Å². The minimum Gasteiger partial charge on any atom is -0.497 e. The molecule has 1 fully saturated rings. The molecule has 2 heterocycles. The number of methoxy groups -OCH3 is 1. The second-order valence-corrected chi connectivity index (χ2v) is 7.54. The van der Waals surface area contributed by atoms with Crippen LogP contribution in [-0.2, 0) is 4.79 Å². The highest BCUT2D eigenvalue weighted by Crippen LogP contribution is 2.23. The Bertz CT molecular complexity index is 811. The van der Waals surface area contributed by atoms with E-state index in [4.69, 9.17) is 9.15 Å².